The predicted octanol–water partition coefficient (Wildman–Crippen LogP) is 1.84. The van der Waals surface area contributed by atoms with Crippen molar-refractivity contribution in [3.8, 4) is 0 Å². The highest BCUT2D eigenvalue weighted by molar-refractivity contribution is 5.75. The van der Waals surface area contributed by atoms with E-state index < -0.39 is 0 Å². The highest BCUT2D eigenvalue weighted by atomic mass is 16.5. The summed E-state index contributed by atoms with van der Waals surface area (Å²) in [4.78, 5) is 11.7. The molecule has 4 heteroatoms. The Morgan fingerprint density at radius 2 is 1.93 bits per heavy atom. The Kier molecular flexibility index (Phi) is 2.49. The average Bonchev–Trinajstić information content (AvgIpc) is 2.51. The average molecular weight is 206 g/mol. The van der Waals surface area contributed by atoms with Crippen LogP contribution in [0.1, 0.15) is 19.8 Å². The third-order valence-electron chi connectivity index (χ3n) is 2.55. The van der Waals surface area contributed by atoms with Crippen molar-refractivity contribution in [2.75, 3.05) is 0 Å². The van der Waals surface area contributed by atoms with Gasteiger partial charge in [0.2, 0.25) is 0 Å². The van der Waals surface area contributed by atoms with Crippen LogP contribution in [0.3, 0.4) is 0 Å². The molecule has 0 bridgehead atoms. The SMILES string of the molecule is CCCCn1c(=O)n(O)c2ccccc21. The first-order chi connectivity index (χ1) is 7.25. The topological polar surface area (TPSA) is 47.2 Å². The lowest BCUT2D eigenvalue weighted by Gasteiger charge is -1.99. The molecule has 4 nitrogen and oxygen atoms in total. The minimum absolute atomic E-state index is 0.357. The van der Waals surface area contributed by atoms with Gasteiger partial charge >= 0.3 is 5.69 Å². The maximum Gasteiger partial charge on any atom is 0.361 e. The molecule has 1 heterocycles. The van der Waals surface area contributed by atoms with E-state index in [-0.39, 0.29) is 5.69 Å². The Labute approximate surface area is 87.3 Å². The molecule has 2 rings (SSSR count). The quantitative estimate of drug-likeness (QED) is 0.779. The third kappa shape index (κ3) is 1.52. The third-order valence-corrected chi connectivity index (χ3v) is 2.55. The van der Waals surface area contributed by atoms with E-state index in [1.807, 2.05) is 12.1 Å². The minimum atomic E-state index is -0.357. The zero-order chi connectivity index (χ0) is 10.8. The maximum atomic E-state index is 11.7. The van der Waals surface area contributed by atoms with Crippen LogP contribution in [-0.4, -0.2) is 14.5 Å². The van der Waals surface area contributed by atoms with Gasteiger partial charge in [-0.3, -0.25) is 4.57 Å². The molecular formula is C11H14N2O2. The van der Waals surface area contributed by atoms with Crippen LogP contribution < -0.4 is 5.69 Å². The van der Waals surface area contributed by atoms with Gasteiger partial charge < -0.3 is 5.21 Å². The van der Waals surface area contributed by atoms with Gasteiger partial charge in [0, 0.05) is 6.54 Å². The smallest absolute Gasteiger partial charge is 0.361 e. The molecule has 1 N–H and O–H groups in total. The molecule has 1 aromatic carbocycles. The molecule has 0 aliphatic heterocycles. The molecule has 1 aromatic heterocycles. The first kappa shape index (κ1) is 9.83. The molecule has 0 fully saturated rings. The van der Waals surface area contributed by atoms with Gasteiger partial charge in [-0.25, -0.2) is 4.79 Å². The van der Waals surface area contributed by atoms with Crippen molar-refractivity contribution in [3.63, 3.8) is 0 Å². The number of imidazole rings is 1. The highest BCUT2D eigenvalue weighted by Gasteiger charge is 2.10. The molecule has 0 aliphatic rings. The molecule has 0 amide bonds. The zero-order valence-corrected chi connectivity index (χ0v) is 8.68. The fourth-order valence-corrected chi connectivity index (χ4v) is 1.72. The number of hydrogen-bond donors (Lipinski definition) is 1. The van der Waals surface area contributed by atoms with E-state index >= 15 is 0 Å². The number of para-hydroxylation sites is 2. The van der Waals surface area contributed by atoms with E-state index in [4.69, 9.17) is 0 Å². The van der Waals surface area contributed by atoms with Crippen molar-refractivity contribution in [2.45, 2.75) is 26.3 Å². The second-order valence-electron chi connectivity index (χ2n) is 3.59. The molecule has 80 valence electrons. The van der Waals surface area contributed by atoms with Crippen molar-refractivity contribution >= 4 is 11.0 Å². The molecule has 0 saturated carbocycles. The lowest BCUT2D eigenvalue weighted by molar-refractivity contribution is 0.184. The lowest BCUT2D eigenvalue weighted by Crippen LogP contribution is -2.22. The molecule has 0 unspecified atom stereocenters. The summed E-state index contributed by atoms with van der Waals surface area (Å²) in [5.74, 6) is 0. The Balaban J connectivity index is 2.62. The van der Waals surface area contributed by atoms with Gasteiger partial charge in [0.05, 0.1) is 5.52 Å². The van der Waals surface area contributed by atoms with Crippen LogP contribution in [0, 0.1) is 0 Å². The van der Waals surface area contributed by atoms with Crippen molar-refractivity contribution in [1.29, 1.82) is 0 Å². The van der Waals surface area contributed by atoms with Gasteiger partial charge in [0.15, 0.2) is 0 Å². The van der Waals surface area contributed by atoms with E-state index in [2.05, 4.69) is 6.92 Å². The standard InChI is InChI=1S/C11H14N2O2/c1-2-3-8-12-9-6-4-5-7-10(9)13(15)11(12)14/h4-7,15H,2-3,8H2,1H3. The van der Waals surface area contributed by atoms with Crippen molar-refractivity contribution in [3.05, 3.63) is 34.7 Å². The number of rotatable bonds is 3. The minimum Gasteiger partial charge on any atom is -0.424 e. The summed E-state index contributed by atoms with van der Waals surface area (Å²) in [6.07, 6.45) is 1.96. The number of aromatic nitrogens is 2. The van der Waals surface area contributed by atoms with Crippen LogP contribution in [-0.2, 0) is 6.54 Å². The highest BCUT2D eigenvalue weighted by Crippen LogP contribution is 2.11. The number of hydrogen-bond acceptors (Lipinski definition) is 2. The molecule has 2 aromatic rings. The maximum absolute atomic E-state index is 11.7. The van der Waals surface area contributed by atoms with E-state index in [9.17, 15) is 10.0 Å². The van der Waals surface area contributed by atoms with Crippen LogP contribution in [0.2, 0.25) is 0 Å². The number of benzene rings is 1. The summed E-state index contributed by atoms with van der Waals surface area (Å²) in [6, 6.07) is 7.25. The van der Waals surface area contributed by atoms with E-state index in [0.717, 1.165) is 18.4 Å². The Bertz CT molecular complexity index is 525. The Hall–Kier alpha value is -1.71. The van der Waals surface area contributed by atoms with Gasteiger partial charge in [-0.05, 0) is 18.6 Å². The Morgan fingerprint density at radius 3 is 2.60 bits per heavy atom. The van der Waals surface area contributed by atoms with Crippen molar-refractivity contribution in [1.82, 2.24) is 9.30 Å². The Morgan fingerprint density at radius 1 is 1.27 bits per heavy atom. The molecule has 15 heavy (non-hydrogen) atoms. The number of nitrogens with zero attached hydrogens (tertiary/aromatic N) is 2. The fraction of sp³-hybridized carbons (Fsp3) is 0.364. The van der Waals surface area contributed by atoms with Crippen LogP contribution in [0.25, 0.3) is 11.0 Å². The first-order valence-electron chi connectivity index (χ1n) is 5.15. The molecule has 0 aliphatic carbocycles. The van der Waals surface area contributed by atoms with Crippen LogP contribution in [0.5, 0.6) is 0 Å². The van der Waals surface area contributed by atoms with Gasteiger partial charge in [0.1, 0.15) is 5.52 Å². The normalized spacial score (nSPS) is 11.0. The predicted molar refractivity (Wildman–Crippen MR) is 58.3 cm³/mol. The van der Waals surface area contributed by atoms with Crippen LogP contribution in [0.4, 0.5) is 0 Å². The molecule has 0 spiro atoms. The van der Waals surface area contributed by atoms with Crippen molar-refractivity contribution in [2.24, 2.45) is 0 Å². The summed E-state index contributed by atoms with van der Waals surface area (Å²) in [5, 5.41) is 9.56. The fourth-order valence-electron chi connectivity index (χ4n) is 1.72. The molecule has 0 atom stereocenters. The second kappa shape index (κ2) is 3.81. The van der Waals surface area contributed by atoms with Gasteiger partial charge in [0.25, 0.3) is 0 Å². The van der Waals surface area contributed by atoms with Crippen LogP contribution in [0.15, 0.2) is 29.1 Å². The number of unbranched alkanes of at least 4 members (excludes halogenated alkanes) is 1. The summed E-state index contributed by atoms with van der Waals surface area (Å²) in [5.41, 5.74) is 1.00. The summed E-state index contributed by atoms with van der Waals surface area (Å²) < 4.78 is 2.32. The van der Waals surface area contributed by atoms with Gasteiger partial charge in [-0.2, -0.15) is 0 Å². The largest absolute Gasteiger partial charge is 0.424 e. The van der Waals surface area contributed by atoms with E-state index in [1.165, 1.54) is 0 Å². The number of fused-ring (bicyclic) bond motifs is 1. The molecule has 0 radical (unpaired) electrons. The first-order valence-corrected chi connectivity index (χ1v) is 5.15. The summed E-state index contributed by atoms with van der Waals surface area (Å²) in [6.45, 7) is 2.73. The van der Waals surface area contributed by atoms with Gasteiger partial charge in [-0.1, -0.05) is 25.5 Å². The van der Waals surface area contributed by atoms with Crippen molar-refractivity contribution < 1.29 is 5.21 Å². The van der Waals surface area contributed by atoms with E-state index in [0.29, 0.717) is 16.8 Å². The second-order valence-corrected chi connectivity index (χ2v) is 3.59. The van der Waals surface area contributed by atoms with Gasteiger partial charge in [-0.15, -0.1) is 4.73 Å². The molecule has 0 saturated heterocycles. The van der Waals surface area contributed by atoms with E-state index in [1.54, 1.807) is 16.7 Å². The number of aryl methyl sites for hydroxylation is 1. The summed E-state index contributed by atoms with van der Waals surface area (Å²) >= 11 is 0. The lowest BCUT2D eigenvalue weighted by atomic mass is 10.3. The monoisotopic (exact) mass is 206 g/mol. The molecular weight excluding hydrogens is 192 g/mol. The van der Waals surface area contributed by atoms with Crippen LogP contribution >= 0.6 is 0 Å². The zero-order valence-electron chi connectivity index (χ0n) is 8.68. The summed E-state index contributed by atoms with van der Waals surface area (Å²) in [7, 11) is 0.